The van der Waals surface area contributed by atoms with Crippen LogP contribution in [0.3, 0.4) is 0 Å². The number of allylic oxidation sites excluding steroid dienone is 1. The molecule has 186 valence electrons. The Balaban J connectivity index is 1.70. The molecule has 0 saturated carbocycles. The fourth-order valence-electron chi connectivity index (χ4n) is 4.07. The summed E-state index contributed by atoms with van der Waals surface area (Å²) in [5.74, 6) is 0.956. The van der Waals surface area contributed by atoms with E-state index in [4.69, 9.17) is 9.47 Å². The SMILES string of the molecule is COc1cc(OC)c(-c2cc3ccccc3n2C)cc1C=CC(=O)c1ccc(S(=O)(=O)N(C)C)cc1. The number of para-hydroxylation sites is 1. The quantitative estimate of drug-likeness (QED) is 0.249. The molecular weight excluding hydrogens is 476 g/mol. The van der Waals surface area contributed by atoms with Gasteiger partial charge in [0.15, 0.2) is 5.78 Å². The van der Waals surface area contributed by atoms with Crippen LogP contribution < -0.4 is 9.47 Å². The first-order valence-corrected chi connectivity index (χ1v) is 12.7. The maximum absolute atomic E-state index is 12.8. The minimum atomic E-state index is -3.56. The Hall–Kier alpha value is -3.88. The number of aromatic nitrogens is 1. The fourth-order valence-corrected chi connectivity index (χ4v) is 4.97. The average Bonchev–Trinajstić information content (AvgIpc) is 3.22. The van der Waals surface area contributed by atoms with Gasteiger partial charge in [-0.2, -0.15) is 0 Å². The van der Waals surface area contributed by atoms with Gasteiger partial charge in [-0.1, -0.05) is 18.2 Å². The number of carbonyl (C=O) groups is 1. The lowest BCUT2D eigenvalue weighted by atomic mass is 10.0. The van der Waals surface area contributed by atoms with Gasteiger partial charge < -0.3 is 14.0 Å². The third kappa shape index (κ3) is 4.65. The molecule has 0 unspecified atom stereocenters. The molecule has 3 aromatic carbocycles. The van der Waals surface area contributed by atoms with Crippen molar-refractivity contribution < 1.29 is 22.7 Å². The van der Waals surface area contributed by atoms with Crippen LogP contribution in [-0.4, -0.2) is 51.4 Å². The first kappa shape index (κ1) is 25.2. The molecule has 0 aliphatic rings. The zero-order valence-electron chi connectivity index (χ0n) is 20.8. The van der Waals surface area contributed by atoms with Gasteiger partial charge in [-0.25, -0.2) is 12.7 Å². The number of methoxy groups -OCH3 is 2. The van der Waals surface area contributed by atoms with E-state index in [2.05, 4.69) is 22.8 Å². The third-order valence-electron chi connectivity index (χ3n) is 6.11. The predicted octanol–water partition coefficient (Wildman–Crippen LogP) is 5.01. The number of benzene rings is 3. The standard InChI is InChI=1S/C28H28N2O5S/c1-29(2)36(32,33)22-13-10-19(11-14-22)26(31)15-12-21-16-23(28(35-5)18-27(21)34-4)25-17-20-8-6-7-9-24(20)30(25)3/h6-18H,1-5H3. The summed E-state index contributed by atoms with van der Waals surface area (Å²) in [4.78, 5) is 13.0. The Morgan fingerprint density at radius 3 is 2.19 bits per heavy atom. The second-order valence-electron chi connectivity index (χ2n) is 8.45. The summed E-state index contributed by atoms with van der Waals surface area (Å²) in [5.41, 5.74) is 4.01. The topological polar surface area (TPSA) is 77.8 Å². The zero-order chi connectivity index (χ0) is 26.0. The Morgan fingerprint density at radius 1 is 0.917 bits per heavy atom. The van der Waals surface area contributed by atoms with Gasteiger partial charge in [0.1, 0.15) is 11.5 Å². The number of carbonyl (C=O) groups excluding carboxylic acids is 1. The van der Waals surface area contributed by atoms with Gasteiger partial charge in [-0.15, -0.1) is 0 Å². The van der Waals surface area contributed by atoms with Gasteiger partial charge >= 0.3 is 0 Å². The van der Waals surface area contributed by atoms with E-state index in [0.717, 1.165) is 26.5 Å². The minimum absolute atomic E-state index is 0.129. The highest BCUT2D eigenvalue weighted by molar-refractivity contribution is 7.89. The summed E-state index contributed by atoms with van der Waals surface area (Å²) in [5, 5.41) is 1.11. The van der Waals surface area contributed by atoms with Crippen molar-refractivity contribution in [2.75, 3.05) is 28.3 Å². The van der Waals surface area contributed by atoms with Gasteiger partial charge in [-0.05, 0) is 54.6 Å². The number of fused-ring (bicyclic) bond motifs is 1. The van der Waals surface area contributed by atoms with E-state index in [1.54, 1.807) is 26.4 Å². The number of nitrogens with zero attached hydrogens (tertiary/aromatic N) is 2. The first-order valence-electron chi connectivity index (χ1n) is 11.2. The van der Waals surface area contributed by atoms with Crippen molar-refractivity contribution in [1.29, 1.82) is 0 Å². The number of hydrogen-bond acceptors (Lipinski definition) is 5. The van der Waals surface area contributed by atoms with E-state index in [9.17, 15) is 13.2 Å². The van der Waals surface area contributed by atoms with Crippen LogP contribution in [0.25, 0.3) is 28.2 Å². The van der Waals surface area contributed by atoms with E-state index in [-0.39, 0.29) is 10.7 Å². The second-order valence-corrected chi connectivity index (χ2v) is 10.6. The molecule has 0 atom stereocenters. The summed E-state index contributed by atoms with van der Waals surface area (Å²) in [6, 6.07) is 19.8. The molecule has 0 radical (unpaired) electrons. The Morgan fingerprint density at radius 2 is 1.58 bits per heavy atom. The van der Waals surface area contributed by atoms with Crippen LogP contribution in [0, 0.1) is 0 Å². The van der Waals surface area contributed by atoms with Crippen LogP contribution in [-0.2, 0) is 17.1 Å². The molecule has 1 aromatic heterocycles. The van der Waals surface area contributed by atoms with E-state index < -0.39 is 10.0 Å². The normalized spacial score (nSPS) is 11.9. The number of rotatable bonds is 8. The van der Waals surface area contributed by atoms with Gasteiger partial charge in [0.05, 0.1) is 24.8 Å². The van der Waals surface area contributed by atoms with Crippen molar-refractivity contribution in [2.45, 2.75) is 4.90 Å². The largest absolute Gasteiger partial charge is 0.496 e. The van der Waals surface area contributed by atoms with Crippen molar-refractivity contribution in [2.24, 2.45) is 7.05 Å². The predicted molar refractivity (Wildman–Crippen MR) is 142 cm³/mol. The Labute approximate surface area is 211 Å². The molecule has 0 fully saturated rings. The van der Waals surface area contributed by atoms with Crippen molar-refractivity contribution in [3.05, 3.63) is 83.9 Å². The molecule has 0 spiro atoms. The summed E-state index contributed by atoms with van der Waals surface area (Å²) in [6.07, 6.45) is 3.14. The van der Waals surface area contributed by atoms with Crippen molar-refractivity contribution in [3.8, 4) is 22.8 Å². The highest BCUT2D eigenvalue weighted by atomic mass is 32.2. The summed E-state index contributed by atoms with van der Waals surface area (Å²) in [7, 11) is 4.54. The molecule has 0 N–H and O–H groups in total. The molecule has 0 amide bonds. The van der Waals surface area contributed by atoms with Crippen LogP contribution in [0.2, 0.25) is 0 Å². The summed E-state index contributed by atoms with van der Waals surface area (Å²) in [6.45, 7) is 0. The van der Waals surface area contributed by atoms with Gasteiger partial charge in [0.2, 0.25) is 10.0 Å². The minimum Gasteiger partial charge on any atom is -0.496 e. The molecular formula is C28H28N2O5S. The van der Waals surface area contributed by atoms with Crippen LogP contribution in [0.15, 0.2) is 77.7 Å². The van der Waals surface area contributed by atoms with Gasteiger partial charge in [-0.3, -0.25) is 4.79 Å². The van der Waals surface area contributed by atoms with Gasteiger partial charge in [0, 0.05) is 54.8 Å². The molecule has 4 aromatic rings. The number of sulfonamides is 1. The molecule has 36 heavy (non-hydrogen) atoms. The number of ether oxygens (including phenoxy) is 2. The van der Waals surface area contributed by atoms with Crippen LogP contribution in [0.5, 0.6) is 11.5 Å². The number of ketones is 1. The van der Waals surface area contributed by atoms with Crippen molar-refractivity contribution in [1.82, 2.24) is 8.87 Å². The summed E-state index contributed by atoms with van der Waals surface area (Å²) < 4.78 is 39.0. The van der Waals surface area contributed by atoms with E-state index >= 15 is 0 Å². The van der Waals surface area contributed by atoms with Crippen LogP contribution >= 0.6 is 0 Å². The molecule has 0 saturated heterocycles. The van der Waals surface area contributed by atoms with E-state index in [1.807, 2.05) is 25.2 Å². The molecule has 0 aliphatic heterocycles. The van der Waals surface area contributed by atoms with E-state index in [0.29, 0.717) is 22.6 Å². The third-order valence-corrected chi connectivity index (χ3v) is 7.94. The van der Waals surface area contributed by atoms with Crippen molar-refractivity contribution >= 4 is 32.8 Å². The maximum atomic E-state index is 12.8. The molecule has 1 heterocycles. The monoisotopic (exact) mass is 504 g/mol. The molecule has 4 rings (SSSR count). The highest BCUT2D eigenvalue weighted by Crippen LogP contribution is 2.38. The highest BCUT2D eigenvalue weighted by Gasteiger charge is 2.18. The van der Waals surface area contributed by atoms with Crippen LogP contribution in [0.4, 0.5) is 0 Å². The van der Waals surface area contributed by atoms with Crippen LogP contribution in [0.1, 0.15) is 15.9 Å². The molecule has 0 aliphatic carbocycles. The van der Waals surface area contributed by atoms with Crippen molar-refractivity contribution in [3.63, 3.8) is 0 Å². The zero-order valence-corrected chi connectivity index (χ0v) is 21.7. The Bertz CT molecular complexity index is 1570. The van der Waals surface area contributed by atoms with E-state index in [1.165, 1.54) is 44.4 Å². The Kier molecular flexibility index (Phi) is 7.01. The second kappa shape index (κ2) is 10.0. The average molecular weight is 505 g/mol. The molecule has 0 bridgehead atoms. The maximum Gasteiger partial charge on any atom is 0.242 e. The number of hydrogen-bond donors (Lipinski definition) is 0. The lowest BCUT2D eigenvalue weighted by molar-refractivity contribution is 0.104. The fraction of sp³-hybridized carbons (Fsp3) is 0.179. The lowest BCUT2D eigenvalue weighted by Gasteiger charge is -2.14. The lowest BCUT2D eigenvalue weighted by Crippen LogP contribution is -2.22. The van der Waals surface area contributed by atoms with Gasteiger partial charge in [0.25, 0.3) is 0 Å². The molecule has 7 nitrogen and oxygen atoms in total. The summed E-state index contributed by atoms with van der Waals surface area (Å²) >= 11 is 0. The number of aryl methyl sites for hydroxylation is 1. The first-order chi connectivity index (χ1) is 17.2. The smallest absolute Gasteiger partial charge is 0.242 e. The molecule has 8 heteroatoms.